The van der Waals surface area contributed by atoms with Crippen LogP contribution in [0.3, 0.4) is 0 Å². The summed E-state index contributed by atoms with van der Waals surface area (Å²) in [6.07, 6.45) is 0.353. The molecule has 0 bridgehead atoms. The van der Waals surface area contributed by atoms with Gasteiger partial charge in [-0.05, 0) is 29.3 Å². The van der Waals surface area contributed by atoms with Crippen LogP contribution in [0.15, 0.2) is 78.9 Å². The fourth-order valence-corrected chi connectivity index (χ4v) is 3.78. The fourth-order valence-electron chi connectivity index (χ4n) is 3.57. The molecule has 0 aliphatic carbocycles. The molecule has 0 fully saturated rings. The summed E-state index contributed by atoms with van der Waals surface area (Å²) in [7, 11) is 0. The normalized spacial score (nSPS) is 15.3. The van der Waals surface area contributed by atoms with Crippen molar-refractivity contribution in [2.45, 2.75) is 25.6 Å². The molecule has 1 unspecified atom stereocenters. The van der Waals surface area contributed by atoms with Crippen LogP contribution in [0.2, 0.25) is 5.02 Å². The van der Waals surface area contributed by atoms with E-state index in [2.05, 4.69) is 22.3 Å². The molecule has 0 saturated carbocycles. The van der Waals surface area contributed by atoms with E-state index in [1.54, 1.807) is 0 Å². The molecule has 0 spiro atoms. The van der Waals surface area contributed by atoms with Gasteiger partial charge in [-0.15, -0.1) is 0 Å². The Bertz CT molecular complexity index is 977. The lowest BCUT2D eigenvalue weighted by molar-refractivity contribution is -0.121. The maximum atomic E-state index is 12.7. The van der Waals surface area contributed by atoms with Crippen LogP contribution in [0.4, 0.5) is 5.69 Å². The molecule has 1 aliphatic rings. The Kier molecular flexibility index (Phi) is 6.01. The second-order valence-electron chi connectivity index (χ2n) is 7.12. The second kappa shape index (κ2) is 9.01. The Morgan fingerprint density at radius 1 is 1.00 bits per heavy atom. The Labute approximate surface area is 176 Å². The number of amides is 1. The summed E-state index contributed by atoms with van der Waals surface area (Å²) in [5.41, 5.74) is 3.13. The van der Waals surface area contributed by atoms with Gasteiger partial charge in [0.25, 0.3) is 0 Å². The number of carbonyl (C=O) groups excluding carboxylic acids is 1. The molecule has 1 N–H and O–H groups in total. The number of nitrogens with zero attached hydrogens (tertiary/aromatic N) is 1. The minimum atomic E-state index is -0.0450. The van der Waals surface area contributed by atoms with Gasteiger partial charge in [0.2, 0.25) is 5.91 Å². The van der Waals surface area contributed by atoms with E-state index >= 15 is 0 Å². The minimum Gasteiger partial charge on any atom is -0.489 e. The summed E-state index contributed by atoms with van der Waals surface area (Å²) < 4.78 is 5.94. The number of hydrogen-bond donors (Lipinski definition) is 1. The second-order valence-corrected chi connectivity index (χ2v) is 7.53. The molecule has 148 valence electrons. The molecule has 5 heteroatoms. The Balaban J connectivity index is 1.47. The molecular formula is C24H23ClN2O2. The van der Waals surface area contributed by atoms with E-state index in [1.165, 1.54) is 5.56 Å². The maximum Gasteiger partial charge on any atom is 0.222 e. The topological polar surface area (TPSA) is 41.6 Å². The summed E-state index contributed by atoms with van der Waals surface area (Å²) in [6.45, 7) is 1.62. The van der Waals surface area contributed by atoms with Crippen LogP contribution >= 0.6 is 11.6 Å². The number of hydrogen-bond acceptors (Lipinski definition) is 3. The van der Waals surface area contributed by atoms with E-state index in [-0.39, 0.29) is 11.9 Å². The molecule has 0 radical (unpaired) electrons. The van der Waals surface area contributed by atoms with Gasteiger partial charge < -0.3 is 15.0 Å². The van der Waals surface area contributed by atoms with Crippen molar-refractivity contribution < 1.29 is 9.53 Å². The monoisotopic (exact) mass is 406 g/mol. The van der Waals surface area contributed by atoms with Gasteiger partial charge in [0.15, 0.2) is 0 Å². The first kappa shape index (κ1) is 19.3. The molecule has 4 rings (SSSR count). The Hall–Kier alpha value is -2.98. The molecular weight excluding hydrogens is 384 g/mol. The average Bonchev–Trinajstić information content (AvgIpc) is 2.75. The summed E-state index contributed by atoms with van der Waals surface area (Å²) in [5.74, 6) is 0.840. The van der Waals surface area contributed by atoms with Gasteiger partial charge >= 0.3 is 0 Å². The number of anilines is 1. The van der Waals surface area contributed by atoms with E-state index in [0.717, 1.165) is 23.5 Å². The number of ether oxygens (including phenoxy) is 1. The summed E-state index contributed by atoms with van der Waals surface area (Å²) >= 11 is 6.19. The van der Waals surface area contributed by atoms with Gasteiger partial charge in [0.05, 0.1) is 18.2 Å². The zero-order valence-electron chi connectivity index (χ0n) is 16.1. The van der Waals surface area contributed by atoms with Crippen LogP contribution in [0.5, 0.6) is 5.75 Å². The molecule has 1 aliphatic heterocycles. The van der Waals surface area contributed by atoms with Gasteiger partial charge in [-0.3, -0.25) is 4.79 Å². The van der Waals surface area contributed by atoms with Gasteiger partial charge in [0, 0.05) is 18.1 Å². The van der Waals surface area contributed by atoms with Crippen LogP contribution < -0.4 is 15.0 Å². The van der Waals surface area contributed by atoms with E-state index in [1.807, 2.05) is 66.7 Å². The number of halogens is 1. The molecule has 1 amide bonds. The van der Waals surface area contributed by atoms with Gasteiger partial charge in [-0.1, -0.05) is 72.3 Å². The molecule has 1 atom stereocenters. The highest BCUT2D eigenvalue weighted by Gasteiger charge is 2.29. The molecule has 3 aromatic rings. The molecule has 0 aromatic heterocycles. The van der Waals surface area contributed by atoms with Crippen molar-refractivity contribution in [3.05, 3.63) is 95.0 Å². The summed E-state index contributed by atoms with van der Waals surface area (Å²) in [5, 5.41) is 3.65. The van der Waals surface area contributed by atoms with Crippen molar-refractivity contribution >= 4 is 23.2 Å². The Morgan fingerprint density at radius 2 is 1.72 bits per heavy atom. The highest BCUT2D eigenvalue weighted by Crippen LogP contribution is 2.35. The number of benzene rings is 3. The first-order valence-electron chi connectivity index (χ1n) is 9.73. The third-order valence-electron chi connectivity index (χ3n) is 5.10. The molecule has 1 heterocycles. The summed E-state index contributed by atoms with van der Waals surface area (Å²) in [6, 6.07) is 25.8. The number of carbonyl (C=O) groups is 1. The lowest BCUT2D eigenvalue weighted by Gasteiger charge is -2.38. The fraction of sp³-hybridized carbons (Fsp3) is 0.208. The number of nitrogens with one attached hydrogen (secondary N) is 1. The van der Waals surface area contributed by atoms with Crippen molar-refractivity contribution in [1.82, 2.24) is 5.32 Å². The highest BCUT2D eigenvalue weighted by atomic mass is 35.5. The van der Waals surface area contributed by atoms with Crippen LogP contribution in [-0.4, -0.2) is 18.6 Å². The number of fused-ring (bicyclic) bond motifs is 1. The number of rotatable bonds is 6. The van der Waals surface area contributed by atoms with Gasteiger partial charge in [-0.2, -0.15) is 0 Å². The largest absolute Gasteiger partial charge is 0.489 e. The lowest BCUT2D eigenvalue weighted by Crippen LogP contribution is -2.45. The van der Waals surface area contributed by atoms with E-state index in [4.69, 9.17) is 16.3 Å². The van der Waals surface area contributed by atoms with Crippen LogP contribution in [-0.2, 0) is 17.9 Å². The van der Waals surface area contributed by atoms with E-state index in [9.17, 15) is 4.79 Å². The highest BCUT2D eigenvalue weighted by molar-refractivity contribution is 6.31. The lowest BCUT2D eigenvalue weighted by atomic mass is 10.1. The van der Waals surface area contributed by atoms with Crippen molar-refractivity contribution in [2.24, 2.45) is 0 Å². The number of para-hydroxylation sites is 2. The first-order chi connectivity index (χ1) is 14.2. The first-order valence-corrected chi connectivity index (χ1v) is 10.1. The predicted octanol–water partition coefficient (Wildman–Crippen LogP) is 4.81. The maximum absolute atomic E-state index is 12.7. The SMILES string of the molecule is O=C(CC1COc2ccccc2N1Cc1ccccc1)NCc1ccccc1Cl. The molecule has 29 heavy (non-hydrogen) atoms. The van der Waals surface area contributed by atoms with Gasteiger partial charge in [-0.25, -0.2) is 0 Å². The predicted molar refractivity (Wildman–Crippen MR) is 116 cm³/mol. The van der Waals surface area contributed by atoms with E-state index < -0.39 is 0 Å². The van der Waals surface area contributed by atoms with Crippen molar-refractivity contribution in [1.29, 1.82) is 0 Å². The standard InChI is InChI=1S/C24H23ClN2O2/c25-21-11-5-4-10-19(21)15-26-24(28)14-20-17-29-23-13-7-6-12-22(23)27(20)16-18-8-2-1-3-9-18/h1-13,20H,14-17H2,(H,26,28). The zero-order valence-corrected chi connectivity index (χ0v) is 16.8. The van der Waals surface area contributed by atoms with Crippen LogP contribution in [0.25, 0.3) is 0 Å². The van der Waals surface area contributed by atoms with Crippen molar-refractivity contribution in [3.8, 4) is 5.75 Å². The van der Waals surface area contributed by atoms with Gasteiger partial charge in [0.1, 0.15) is 12.4 Å². The summed E-state index contributed by atoms with van der Waals surface area (Å²) in [4.78, 5) is 14.9. The third kappa shape index (κ3) is 4.72. The minimum absolute atomic E-state index is 0.0176. The van der Waals surface area contributed by atoms with Crippen molar-refractivity contribution in [2.75, 3.05) is 11.5 Å². The smallest absolute Gasteiger partial charge is 0.222 e. The molecule has 4 nitrogen and oxygen atoms in total. The third-order valence-corrected chi connectivity index (χ3v) is 5.47. The average molecular weight is 407 g/mol. The molecule has 0 saturated heterocycles. The Morgan fingerprint density at radius 3 is 2.55 bits per heavy atom. The van der Waals surface area contributed by atoms with Crippen molar-refractivity contribution in [3.63, 3.8) is 0 Å². The quantitative estimate of drug-likeness (QED) is 0.638. The molecule has 3 aromatic carbocycles. The van der Waals surface area contributed by atoms with E-state index in [0.29, 0.717) is 24.6 Å². The van der Waals surface area contributed by atoms with Crippen LogP contribution in [0.1, 0.15) is 17.5 Å². The van der Waals surface area contributed by atoms with Crippen LogP contribution in [0, 0.1) is 0 Å². The zero-order chi connectivity index (χ0) is 20.1.